The zero-order valence-corrected chi connectivity index (χ0v) is 17.0. The average Bonchev–Trinajstić information content (AvgIpc) is 2.69. The number of hydrogen-bond donors (Lipinski definition) is 2. The number of alkyl carbamates (subject to hydrolysis) is 1. The van der Waals surface area contributed by atoms with Crippen LogP contribution in [0.2, 0.25) is 0 Å². The Morgan fingerprint density at radius 2 is 1.70 bits per heavy atom. The molecule has 2 N–H and O–H groups in total. The van der Waals surface area contributed by atoms with E-state index in [2.05, 4.69) is 33.2 Å². The number of carbonyl (C=O) groups excluding carboxylic acids is 2. The van der Waals surface area contributed by atoms with Crippen molar-refractivity contribution in [3.05, 3.63) is 63.7 Å². The molecule has 2 aromatic carbocycles. The van der Waals surface area contributed by atoms with Crippen molar-refractivity contribution in [3.8, 4) is 0 Å². The molecule has 1 aliphatic rings. The summed E-state index contributed by atoms with van der Waals surface area (Å²) in [5.41, 5.74) is 1.74. The highest BCUT2D eigenvalue weighted by Gasteiger charge is 2.24. The summed E-state index contributed by atoms with van der Waals surface area (Å²) >= 11 is 2.23. The lowest BCUT2D eigenvalue weighted by Gasteiger charge is -2.32. The van der Waals surface area contributed by atoms with Crippen LogP contribution in [0.1, 0.15) is 18.4 Å². The van der Waals surface area contributed by atoms with E-state index >= 15 is 0 Å². The summed E-state index contributed by atoms with van der Waals surface area (Å²) in [5, 5.41) is 5.79. The number of amides is 3. The molecule has 1 aliphatic heterocycles. The number of carbonyl (C=O) groups is 2. The fourth-order valence-electron chi connectivity index (χ4n) is 2.89. The van der Waals surface area contributed by atoms with E-state index in [-0.39, 0.29) is 18.7 Å². The van der Waals surface area contributed by atoms with Crippen molar-refractivity contribution >= 4 is 40.4 Å². The highest BCUT2D eigenvalue weighted by molar-refractivity contribution is 14.1. The number of hydrogen-bond acceptors (Lipinski definition) is 3. The average molecular weight is 479 g/mol. The second kappa shape index (κ2) is 9.59. The summed E-state index contributed by atoms with van der Waals surface area (Å²) in [5.74, 6) is 0. The first-order valence-electron chi connectivity index (χ1n) is 8.89. The third-order valence-corrected chi connectivity index (χ3v) is 5.13. The van der Waals surface area contributed by atoms with Gasteiger partial charge >= 0.3 is 12.1 Å². The van der Waals surface area contributed by atoms with E-state index in [1.165, 1.54) is 0 Å². The predicted octanol–water partition coefficient (Wildman–Crippen LogP) is 4.21. The maximum Gasteiger partial charge on any atom is 0.407 e. The quantitative estimate of drug-likeness (QED) is 0.646. The Balaban J connectivity index is 1.38. The van der Waals surface area contributed by atoms with Crippen molar-refractivity contribution < 1.29 is 14.3 Å². The smallest absolute Gasteiger partial charge is 0.407 e. The molecule has 1 saturated heterocycles. The van der Waals surface area contributed by atoms with Crippen LogP contribution in [-0.2, 0) is 11.3 Å². The molecule has 0 saturated carbocycles. The fraction of sp³-hybridized carbons (Fsp3) is 0.300. The molecule has 3 rings (SSSR count). The summed E-state index contributed by atoms with van der Waals surface area (Å²) in [6.45, 7) is 1.45. The molecule has 142 valence electrons. The number of nitrogens with one attached hydrogen (secondary N) is 2. The van der Waals surface area contributed by atoms with E-state index in [1.807, 2.05) is 54.6 Å². The van der Waals surface area contributed by atoms with Crippen LogP contribution in [0.3, 0.4) is 0 Å². The molecule has 3 amide bonds. The van der Waals surface area contributed by atoms with Crippen molar-refractivity contribution in [1.82, 2.24) is 10.2 Å². The Bertz CT molecular complexity index is 760. The lowest BCUT2D eigenvalue weighted by atomic mass is 10.1. The molecule has 6 nitrogen and oxygen atoms in total. The molecular formula is C20H22IN3O3. The molecule has 1 fully saturated rings. The minimum absolute atomic E-state index is 0.0237. The summed E-state index contributed by atoms with van der Waals surface area (Å²) in [7, 11) is 0. The number of halogens is 1. The Hall–Kier alpha value is -2.29. The number of benzene rings is 2. The van der Waals surface area contributed by atoms with Gasteiger partial charge in [0.2, 0.25) is 0 Å². The third-order valence-electron chi connectivity index (χ3n) is 4.41. The van der Waals surface area contributed by atoms with Gasteiger partial charge < -0.3 is 20.3 Å². The Morgan fingerprint density at radius 1 is 1.04 bits per heavy atom. The van der Waals surface area contributed by atoms with Gasteiger partial charge in [0, 0.05) is 28.4 Å². The van der Waals surface area contributed by atoms with Crippen LogP contribution in [-0.4, -0.2) is 36.2 Å². The minimum atomic E-state index is -0.416. The molecule has 0 unspecified atom stereocenters. The normalized spacial score (nSPS) is 14.5. The summed E-state index contributed by atoms with van der Waals surface area (Å²) < 4.78 is 6.37. The number of rotatable bonds is 4. The fourth-order valence-corrected chi connectivity index (χ4v) is 3.25. The van der Waals surface area contributed by atoms with E-state index in [0.29, 0.717) is 25.9 Å². The second-order valence-corrected chi connectivity index (χ2v) is 7.65. The number of piperidine rings is 1. The van der Waals surface area contributed by atoms with Crippen molar-refractivity contribution in [2.24, 2.45) is 0 Å². The number of likely N-dealkylation sites (tertiary alicyclic amines) is 1. The summed E-state index contributed by atoms with van der Waals surface area (Å²) in [4.78, 5) is 26.1. The molecule has 0 bridgehead atoms. The zero-order valence-electron chi connectivity index (χ0n) is 14.9. The maximum absolute atomic E-state index is 12.3. The lowest BCUT2D eigenvalue weighted by Crippen LogP contribution is -2.47. The first-order valence-corrected chi connectivity index (χ1v) is 9.97. The van der Waals surface area contributed by atoms with E-state index in [9.17, 15) is 9.59 Å². The van der Waals surface area contributed by atoms with Gasteiger partial charge in [-0.3, -0.25) is 0 Å². The van der Waals surface area contributed by atoms with Crippen LogP contribution in [0.4, 0.5) is 15.3 Å². The summed E-state index contributed by atoms with van der Waals surface area (Å²) in [6, 6.07) is 17.2. The van der Waals surface area contributed by atoms with E-state index < -0.39 is 6.09 Å². The van der Waals surface area contributed by atoms with Gasteiger partial charge in [-0.25, -0.2) is 9.59 Å². The van der Waals surface area contributed by atoms with Crippen molar-refractivity contribution in [1.29, 1.82) is 0 Å². The van der Waals surface area contributed by atoms with Crippen molar-refractivity contribution in [3.63, 3.8) is 0 Å². The molecule has 2 aromatic rings. The van der Waals surface area contributed by atoms with Crippen LogP contribution in [0, 0.1) is 3.57 Å². The van der Waals surface area contributed by atoms with Crippen LogP contribution in [0.5, 0.6) is 0 Å². The first-order chi connectivity index (χ1) is 13.1. The zero-order chi connectivity index (χ0) is 19.1. The van der Waals surface area contributed by atoms with Gasteiger partial charge in [0.1, 0.15) is 6.61 Å². The molecule has 0 radical (unpaired) electrons. The van der Waals surface area contributed by atoms with Gasteiger partial charge in [-0.2, -0.15) is 0 Å². The van der Waals surface area contributed by atoms with Gasteiger partial charge in [-0.05, 0) is 65.3 Å². The molecule has 7 heteroatoms. The van der Waals surface area contributed by atoms with E-state index in [4.69, 9.17) is 4.74 Å². The molecular weight excluding hydrogens is 457 g/mol. The molecule has 0 spiro atoms. The third kappa shape index (κ3) is 6.13. The van der Waals surface area contributed by atoms with Crippen LogP contribution in [0.25, 0.3) is 0 Å². The standard InChI is InChI=1S/C20H22IN3O3/c21-16-6-8-17(9-7-16)22-19(25)24-12-10-18(11-13-24)23-20(26)27-14-15-4-2-1-3-5-15/h1-9,18H,10-14H2,(H,22,25)(H,23,26). The van der Waals surface area contributed by atoms with Crippen LogP contribution in [0.15, 0.2) is 54.6 Å². The predicted molar refractivity (Wildman–Crippen MR) is 113 cm³/mol. The Kier molecular flexibility index (Phi) is 6.92. The van der Waals surface area contributed by atoms with Gasteiger partial charge in [-0.15, -0.1) is 0 Å². The Morgan fingerprint density at radius 3 is 2.37 bits per heavy atom. The maximum atomic E-state index is 12.3. The number of ether oxygens (including phenoxy) is 1. The highest BCUT2D eigenvalue weighted by atomic mass is 127. The molecule has 0 aliphatic carbocycles. The summed E-state index contributed by atoms with van der Waals surface area (Å²) in [6.07, 6.45) is 1.00. The Labute approximate surface area is 172 Å². The topological polar surface area (TPSA) is 70.7 Å². The number of nitrogens with zero attached hydrogens (tertiary/aromatic N) is 1. The lowest BCUT2D eigenvalue weighted by molar-refractivity contribution is 0.129. The molecule has 27 heavy (non-hydrogen) atoms. The van der Waals surface area contributed by atoms with Gasteiger partial charge in [0.25, 0.3) is 0 Å². The van der Waals surface area contributed by atoms with Crippen LogP contribution < -0.4 is 10.6 Å². The minimum Gasteiger partial charge on any atom is -0.445 e. The molecule has 0 aromatic heterocycles. The largest absolute Gasteiger partial charge is 0.445 e. The van der Waals surface area contributed by atoms with Gasteiger partial charge in [0.15, 0.2) is 0 Å². The van der Waals surface area contributed by atoms with Gasteiger partial charge in [0.05, 0.1) is 0 Å². The van der Waals surface area contributed by atoms with Gasteiger partial charge in [-0.1, -0.05) is 30.3 Å². The van der Waals surface area contributed by atoms with Crippen molar-refractivity contribution in [2.75, 3.05) is 18.4 Å². The number of urea groups is 1. The molecule has 0 atom stereocenters. The number of anilines is 1. The monoisotopic (exact) mass is 479 g/mol. The van der Waals surface area contributed by atoms with Crippen molar-refractivity contribution in [2.45, 2.75) is 25.5 Å². The van der Waals surface area contributed by atoms with E-state index in [1.54, 1.807) is 4.90 Å². The van der Waals surface area contributed by atoms with Crippen LogP contribution >= 0.6 is 22.6 Å². The highest BCUT2D eigenvalue weighted by Crippen LogP contribution is 2.15. The molecule has 1 heterocycles. The van der Waals surface area contributed by atoms with E-state index in [0.717, 1.165) is 14.8 Å². The SMILES string of the molecule is O=C(NC1CCN(C(=O)Nc2ccc(I)cc2)CC1)OCc1ccccc1. The second-order valence-electron chi connectivity index (χ2n) is 6.40. The first kappa shape index (κ1) is 19.5.